The summed E-state index contributed by atoms with van der Waals surface area (Å²) in [6.45, 7) is 3.35. The zero-order chi connectivity index (χ0) is 23.6. The van der Waals surface area contributed by atoms with Gasteiger partial charge in [-0.05, 0) is 31.7 Å². The summed E-state index contributed by atoms with van der Waals surface area (Å²) in [7, 11) is 6.76. The van der Waals surface area contributed by atoms with E-state index in [9.17, 15) is 15.0 Å². The molecule has 8 nitrogen and oxygen atoms in total. The van der Waals surface area contributed by atoms with Gasteiger partial charge in [0.2, 0.25) is 0 Å². The molecule has 0 aromatic carbocycles. The summed E-state index contributed by atoms with van der Waals surface area (Å²) in [6, 6.07) is -0.360. The maximum Gasteiger partial charge on any atom is 0.136 e. The second kappa shape index (κ2) is 6.99. The number of fused-ring (bicyclic) bond motifs is 2. The van der Waals surface area contributed by atoms with E-state index >= 15 is 0 Å². The van der Waals surface area contributed by atoms with E-state index in [-0.39, 0.29) is 48.0 Å². The van der Waals surface area contributed by atoms with Gasteiger partial charge in [-0.1, -0.05) is 6.92 Å². The Morgan fingerprint density at radius 3 is 2.42 bits per heavy atom. The van der Waals surface area contributed by atoms with Crippen LogP contribution in [0.5, 0.6) is 0 Å². The zero-order valence-corrected chi connectivity index (χ0v) is 20.4. The molecule has 1 saturated heterocycles. The fraction of sp³-hybridized carbons (Fsp3) is 0.960. The molecule has 186 valence electrons. The molecule has 1 spiro atoms. The van der Waals surface area contributed by atoms with Crippen LogP contribution in [0.25, 0.3) is 0 Å². The SMILES string of the molecule is CCN1C[C@]2(C=O)CC[C@H](OC)[C@]34[C@@H]5C[C@@H]6[C@@H](OC)C[C@@](O)(C5[C@H]6OC)[C@@](O)([C@H]13)[C@@H](OC)[C@H]24. The summed E-state index contributed by atoms with van der Waals surface area (Å²) in [5.41, 5.74) is -4.17. The van der Waals surface area contributed by atoms with Crippen molar-refractivity contribution >= 4 is 6.29 Å². The Bertz CT molecular complexity index is 842. The maximum atomic E-state index is 12.9. The number of aliphatic hydroxyl groups is 2. The number of methoxy groups -OCH3 is 4. The standard InChI is InChI=1S/C25H39NO7/c1-6-26-11-22(12-27)8-7-16(31-3)24-14-9-13-15(30-2)10-23(28,17(14)18(13)32-4)25(29,21(24)26)20(33-5)19(22)24/h12-21,28-29H,6-11H2,1-5H3/t13-,14-,15+,16+,17?,18+,19-,20+,21-,22+,23-,24+,25+/m1/s1. The van der Waals surface area contributed by atoms with Crippen LogP contribution in [0.1, 0.15) is 32.6 Å². The van der Waals surface area contributed by atoms with Crippen molar-refractivity contribution in [2.45, 2.75) is 74.3 Å². The number of piperidine rings is 1. The van der Waals surface area contributed by atoms with Crippen molar-refractivity contribution in [3.63, 3.8) is 0 Å². The van der Waals surface area contributed by atoms with E-state index in [1.165, 1.54) is 0 Å². The molecule has 1 unspecified atom stereocenters. The number of nitrogens with zero attached hydrogens (tertiary/aromatic N) is 1. The number of rotatable bonds is 6. The molecule has 6 rings (SSSR count). The van der Waals surface area contributed by atoms with Crippen LogP contribution in [0.4, 0.5) is 0 Å². The highest BCUT2D eigenvalue weighted by Crippen LogP contribution is 2.80. The largest absolute Gasteiger partial charge is 0.386 e. The Labute approximate surface area is 195 Å². The topological polar surface area (TPSA) is 97.7 Å². The van der Waals surface area contributed by atoms with E-state index in [2.05, 4.69) is 11.8 Å². The van der Waals surface area contributed by atoms with Crippen molar-refractivity contribution in [1.29, 1.82) is 0 Å². The van der Waals surface area contributed by atoms with Gasteiger partial charge in [-0.3, -0.25) is 4.90 Å². The predicted octanol–water partition coefficient (Wildman–Crippen LogP) is 0.478. The van der Waals surface area contributed by atoms with Crippen molar-refractivity contribution in [2.24, 2.45) is 34.5 Å². The highest BCUT2D eigenvalue weighted by molar-refractivity contribution is 5.64. The number of likely N-dealkylation sites (N-methyl/N-ethyl adjacent to an activating group) is 1. The van der Waals surface area contributed by atoms with Crippen LogP contribution in [0.3, 0.4) is 0 Å². The first-order valence-corrected chi connectivity index (χ1v) is 12.6. The van der Waals surface area contributed by atoms with E-state index in [0.29, 0.717) is 25.9 Å². The Morgan fingerprint density at radius 2 is 1.85 bits per heavy atom. The fourth-order valence-electron chi connectivity index (χ4n) is 10.9. The first-order valence-electron chi connectivity index (χ1n) is 12.6. The van der Waals surface area contributed by atoms with Crippen LogP contribution in [0.15, 0.2) is 0 Å². The molecule has 0 amide bonds. The van der Waals surface area contributed by atoms with Gasteiger partial charge in [-0.25, -0.2) is 0 Å². The van der Waals surface area contributed by atoms with E-state index in [1.54, 1.807) is 28.4 Å². The summed E-state index contributed by atoms with van der Waals surface area (Å²) in [5.74, 6) is -0.318. The number of carbonyl (C=O) groups excluding carboxylic acids is 1. The molecule has 5 aliphatic carbocycles. The molecule has 8 heteroatoms. The number of likely N-dealkylation sites (tertiary alicyclic amines) is 1. The van der Waals surface area contributed by atoms with Gasteiger partial charge < -0.3 is 34.0 Å². The van der Waals surface area contributed by atoms with Gasteiger partial charge in [-0.15, -0.1) is 0 Å². The minimum Gasteiger partial charge on any atom is -0.386 e. The highest BCUT2D eigenvalue weighted by atomic mass is 16.5. The normalized spacial score (nSPS) is 60.8. The maximum absolute atomic E-state index is 12.9. The average molecular weight is 466 g/mol. The molecule has 6 aliphatic rings. The van der Waals surface area contributed by atoms with Gasteiger partial charge in [0.05, 0.1) is 30.5 Å². The summed E-state index contributed by atoms with van der Waals surface area (Å²) in [6.07, 6.45) is 2.53. The lowest BCUT2D eigenvalue weighted by atomic mass is 9.43. The number of aldehydes is 1. The van der Waals surface area contributed by atoms with E-state index in [1.807, 2.05) is 0 Å². The average Bonchev–Trinajstić information content (AvgIpc) is 3.24. The molecule has 1 heterocycles. The van der Waals surface area contributed by atoms with Crippen LogP contribution < -0.4 is 0 Å². The van der Waals surface area contributed by atoms with Crippen molar-refractivity contribution < 1.29 is 34.0 Å². The minimum atomic E-state index is -1.57. The monoisotopic (exact) mass is 465 g/mol. The van der Waals surface area contributed by atoms with Gasteiger partial charge in [0, 0.05) is 70.0 Å². The molecular formula is C25H39NO7. The molecule has 13 atom stereocenters. The number of ether oxygens (including phenoxy) is 4. The van der Waals surface area contributed by atoms with Gasteiger partial charge in [-0.2, -0.15) is 0 Å². The first kappa shape index (κ1) is 22.8. The summed E-state index contributed by atoms with van der Waals surface area (Å²) in [5, 5.41) is 25.6. The molecular weight excluding hydrogens is 426 g/mol. The van der Waals surface area contributed by atoms with Crippen molar-refractivity contribution in [1.82, 2.24) is 4.90 Å². The third-order valence-corrected chi connectivity index (χ3v) is 11.4. The summed E-state index contributed by atoms with van der Waals surface area (Å²) in [4.78, 5) is 15.2. The van der Waals surface area contributed by atoms with Gasteiger partial charge in [0.1, 0.15) is 17.5 Å². The van der Waals surface area contributed by atoms with Gasteiger partial charge in [0.25, 0.3) is 0 Å². The Morgan fingerprint density at radius 1 is 1.09 bits per heavy atom. The molecule has 33 heavy (non-hydrogen) atoms. The molecule has 5 saturated carbocycles. The van der Waals surface area contributed by atoms with E-state index in [4.69, 9.17) is 18.9 Å². The molecule has 0 aromatic heterocycles. The predicted molar refractivity (Wildman–Crippen MR) is 117 cm³/mol. The lowest BCUT2D eigenvalue weighted by molar-refractivity contribution is -0.317. The summed E-state index contributed by atoms with van der Waals surface area (Å²) >= 11 is 0. The lowest BCUT2D eigenvalue weighted by Gasteiger charge is -2.69. The number of hydrogen-bond acceptors (Lipinski definition) is 8. The Balaban J connectivity index is 1.69. The third kappa shape index (κ3) is 2.11. The van der Waals surface area contributed by atoms with Crippen LogP contribution in [-0.2, 0) is 23.7 Å². The summed E-state index contributed by atoms with van der Waals surface area (Å²) < 4.78 is 24.4. The van der Waals surface area contributed by atoms with Crippen molar-refractivity contribution in [3.8, 4) is 0 Å². The molecule has 1 aliphatic heterocycles. The van der Waals surface area contributed by atoms with Crippen LogP contribution >= 0.6 is 0 Å². The van der Waals surface area contributed by atoms with E-state index < -0.39 is 28.1 Å². The zero-order valence-electron chi connectivity index (χ0n) is 20.4. The molecule has 2 N–H and O–H groups in total. The molecule has 7 bridgehead atoms. The van der Waals surface area contributed by atoms with Gasteiger partial charge >= 0.3 is 0 Å². The van der Waals surface area contributed by atoms with Crippen molar-refractivity contribution in [2.75, 3.05) is 41.5 Å². The van der Waals surface area contributed by atoms with Crippen LogP contribution in [-0.4, -0.2) is 105 Å². The second-order valence-corrected chi connectivity index (χ2v) is 11.7. The van der Waals surface area contributed by atoms with Gasteiger partial charge in [0.15, 0.2) is 0 Å². The first-order chi connectivity index (χ1) is 15.8. The second-order valence-electron chi connectivity index (χ2n) is 11.7. The molecule has 0 radical (unpaired) electrons. The highest BCUT2D eigenvalue weighted by Gasteiger charge is 2.91. The smallest absolute Gasteiger partial charge is 0.136 e. The fourth-order valence-corrected chi connectivity index (χ4v) is 10.9. The quantitative estimate of drug-likeness (QED) is 0.547. The van der Waals surface area contributed by atoms with Crippen molar-refractivity contribution in [3.05, 3.63) is 0 Å². The van der Waals surface area contributed by atoms with Crippen LogP contribution in [0, 0.1) is 34.5 Å². The van der Waals surface area contributed by atoms with E-state index in [0.717, 1.165) is 19.1 Å². The Hall–Kier alpha value is -0.610. The Kier molecular flexibility index (Phi) is 4.84. The lowest BCUT2D eigenvalue weighted by Crippen LogP contribution is -2.82. The van der Waals surface area contributed by atoms with Crippen LogP contribution in [0.2, 0.25) is 0 Å². The number of carbonyl (C=O) groups is 1. The molecule has 6 fully saturated rings. The third-order valence-electron chi connectivity index (χ3n) is 11.4. The number of hydrogen-bond donors (Lipinski definition) is 2. The minimum absolute atomic E-state index is 0.0342. The molecule has 0 aromatic rings.